The fourth-order valence-electron chi connectivity index (χ4n) is 0.989. The summed E-state index contributed by atoms with van der Waals surface area (Å²) < 4.78 is 0. The monoisotopic (exact) mass is 226 g/mol. The van der Waals surface area contributed by atoms with E-state index in [2.05, 4.69) is 9.97 Å². The Balaban J connectivity index is 0.000000980. The van der Waals surface area contributed by atoms with Gasteiger partial charge in [-0.1, -0.05) is 0 Å². The van der Waals surface area contributed by atoms with Crippen molar-refractivity contribution < 1.29 is 4.79 Å². The topological polar surface area (TPSA) is 42.9 Å². The molecule has 3 nitrogen and oxygen atoms in total. The smallest absolute Gasteiger partial charge is 0.178 e. The van der Waals surface area contributed by atoms with Crippen LogP contribution >= 0.6 is 23.7 Å². The highest BCUT2D eigenvalue weighted by Gasteiger charge is 2.02. The molecule has 0 N–H and O–H groups in total. The molecule has 0 aliphatic heterocycles. The lowest BCUT2D eigenvalue weighted by Gasteiger charge is -1.91. The van der Waals surface area contributed by atoms with E-state index in [1.807, 2.05) is 17.5 Å². The van der Waals surface area contributed by atoms with Crippen LogP contribution in [-0.2, 0) is 0 Å². The number of hydrogen-bond donors (Lipinski definition) is 0. The van der Waals surface area contributed by atoms with Crippen molar-refractivity contribution in [2.45, 2.75) is 0 Å². The minimum absolute atomic E-state index is 0. The summed E-state index contributed by atoms with van der Waals surface area (Å²) in [4.78, 5) is 18.5. The number of carbonyl (C=O) groups is 1. The fraction of sp³-hybridized carbons (Fsp3) is 0. The van der Waals surface area contributed by atoms with E-state index in [-0.39, 0.29) is 12.4 Å². The first-order valence-corrected chi connectivity index (χ1v) is 4.59. The molecule has 0 aliphatic carbocycles. The average molecular weight is 227 g/mol. The highest BCUT2D eigenvalue weighted by Crippen LogP contribution is 2.19. The van der Waals surface area contributed by atoms with Gasteiger partial charge in [0.25, 0.3) is 0 Å². The first-order chi connectivity index (χ1) is 6.40. The molecule has 0 atom stereocenters. The minimum Gasteiger partial charge on any atom is -0.295 e. The van der Waals surface area contributed by atoms with Crippen LogP contribution in [0.15, 0.2) is 29.9 Å². The number of rotatable bonds is 2. The second kappa shape index (κ2) is 4.83. The van der Waals surface area contributed by atoms with Crippen LogP contribution in [0.1, 0.15) is 9.80 Å². The molecule has 0 saturated carbocycles. The third-order valence-electron chi connectivity index (χ3n) is 1.58. The van der Waals surface area contributed by atoms with Gasteiger partial charge in [0, 0.05) is 23.3 Å². The van der Waals surface area contributed by atoms with E-state index in [0.717, 1.165) is 17.5 Å². The number of thiazole rings is 1. The molecular weight excluding hydrogens is 220 g/mol. The van der Waals surface area contributed by atoms with Gasteiger partial charge < -0.3 is 0 Å². The lowest BCUT2D eigenvalue weighted by molar-refractivity contribution is 0.112. The van der Waals surface area contributed by atoms with Crippen LogP contribution in [0.2, 0.25) is 0 Å². The maximum absolute atomic E-state index is 10.4. The Hall–Kier alpha value is -1.26. The van der Waals surface area contributed by atoms with Crippen molar-refractivity contribution >= 4 is 30.0 Å². The standard InChI is InChI=1S/C9H6N2OS.ClH/c12-5-9-11-8(6-13-9)7-2-1-3-10-4-7;/h1-6H;1H. The molecule has 0 unspecified atom stereocenters. The van der Waals surface area contributed by atoms with Gasteiger partial charge in [-0.2, -0.15) is 0 Å². The van der Waals surface area contributed by atoms with Crippen LogP contribution in [0.25, 0.3) is 11.3 Å². The van der Waals surface area contributed by atoms with E-state index in [1.54, 1.807) is 12.4 Å². The first-order valence-electron chi connectivity index (χ1n) is 3.71. The van der Waals surface area contributed by atoms with Crippen LogP contribution < -0.4 is 0 Å². The van der Waals surface area contributed by atoms with E-state index in [1.165, 1.54) is 11.3 Å². The largest absolute Gasteiger partial charge is 0.295 e. The summed E-state index contributed by atoms with van der Waals surface area (Å²) in [5.41, 5.74) is 1.74. The van der Waals surface area contributed by atoms with Gasteiger partial charge in [0.2, 0.25) is 0 Å². The molecule has 2 aromatic heterocycles. The highest BCUT2D eigenvalue weighted by atomic mass is 35.5. The van der Waals surface area contributed by atoms with Crippen molar-refractivity contribution in [1.29, 1.82) is 0 Å². The van der Waals surface area contributed by atoms with E-state index in [9.17, 15) is 4.79 Å². The summed E-state index contributed by atoms with van der Waals surface area (Å²) in [6.07, 6.45) is 4.19. The molecule has 0 aromatic carbocycles. The Labute approximate surface area is 91.2 Å². The first kappa shape index (κ1) is 10.8. The lowest BCUT2D eigenvalue weighted by Crippen LogP contribution is -1.80. The molecule has 0 bridgehead atoms. The third-order valence-corrected chi connectivity index (χ3v) is 2.35. The number of nitrogens with zero attached hydrogens (tertiary/aromatic N) is 2. The van der Waals surface area contributed by atoms with E-state index in [4.69, 9.17) is 0 Å². The molecule has 2 aromatic rings. The second-order valence-corrected chi connectivity index (χ2v) is 3.32. The van der Waals surface area contributed by atoms with Crippen LogP contribution in [0, 0.1) is 0 Å². The molecule has 2 rings (SSSR count). The predicted octanol–water partition coefficient (Wildman–Crippen LogP) is 2.44. The van der Waals surface area contributed by atoms with E-state index < -0.39 is 0 Å². The van der Waals surface area contributed by atoms with Crippen LogP contribution in [-0.4, -0.2) is 16.3 Å². The van der Waals surface area contributed by atoms with Crippen molar-refractivity contribution in [3.63, 3.8) is 0 Å². The molecule has 0 amide bonds. The minimum atomic E-state index is 0. The number of halogens is 1. The Morgan fingerprint density at radius 3 is 2.86 bits per heavy atom. The number of hydrogen-bond acceptors (Lipinski definition) is 4. The summed E-state index contributed by atoms with van der Waals surface area (Å²) in [6, 6.07) is 3.76. The van der Waals surface area contributed by atoms with Crippen LogP contribution in [0.5, 0.6) is 0 Å². The van der Waals surface area contributed by atoms with Crippen molar-refractivity contribution in [3.05, 3.63) is 34.9 Å². The summed E-state index contributed by atoms with van der Waals surface area (Å²) in [7, 11) is 0. The molecule has 72 valence electrons. The Morgan fingerprint density at radius 1 is 1.43 bits per heavy atom. The van der Waals surface area contributed by atoms with Gasteiger partial charge in [0.05, 0.1) is 5.69 Å². The van der Waals surface area contributed by atoms with Crippen molar-refractivity contribution in [2.24, 2.45) is 0 Å². The molecule has 0 spiro atoms. The molecule has 0 aliphatic rings. The highest BCUT2D eigenvalue weighted by molar-refractivity contribution is 7.11. The van der Waals surface area contributed by atoms with Gasteiger partial charge in [-0.3, -0.25) is 9.78 Å². The SMILES string of the molecule is Cl.O=Cc1nc(-c2cccnc2)cs1. The van der Waals surface area contributed by atoms with Crippen molar-refractivity contribution in [1.82, 2.24) is 9.97 Å². The maximum atomic E-state index is 10.4. The Bertz CT molecular complexity index is 416. The normalized spacial score (nSPS) is 9.14. The second-order valence-electron chi connectivity index (χ2n) is 2.43. The van der Waals surface area contributed by atoms with Gasteiger partial charge in [0.15, 0.2) is 11.3 Å². The number of pyridine rings is 1. The summed E-state index contributed by atoms with van der Waals surface area (Å²) in [6.45, 7) is 0. The van der Waals surface area contributed by atoms with Gasteiger partial charge in [-0.05, 0) is 12.1 Å². The molecule has 2 heterocycles. The predicted molar refractivity (Wildman–Crippen MR) is 58.0 cm³/mol. The van der Waals surface area contributed by atoms with Crippen LogP contribution in [0.4, 0.5) is 0 Å². The summed E-state index contributed by atoms with van der Waals surface area (Å²) >= 11 is 1.34. The fourth-order valence-corrected chi connectivity index (χ4v) is 1.62. The van der Waals surface area contributed by atoms with Gasteiger partial charge in [0.1, 0.15) is 0 Å². The van der Waals surface area contributed by atoms with Crippen molar-refractivity contribution in [3.8, 4) is 11.3 Å². The Morgan fingerprint density at radius 2 is 2.29 bits per heavy atom. The molecule has 5 heteroatoms. The zero-order valence-electron chi connectivity index (χ0n) is 7.08. The number of aldehydes is 1. The zero-order valence-corrected chi connectivity index (χ0v) is 8.72. The van der Waals surface area contributed by atoms with E-state index in [0.29, 0.717) is 5.01 Å². The van der Waals surface area contributed by atoms with Crippen LogP contribution in [0.3, 0.4) is 0 Å². The molecule has 0 fully saturated rings. The van der Waals surface area contributed by atoms with Crippen molar-refractivity contribution in [2.75, 3.05) is 0 Å². The van der Waals surface area contributed by atoms with Gasteiger partial charge in [-0.25, -0.2) is 4.98 Å². The molecule has 14 heavy (non-hydrogen) atoms. The number of aromatic nitrogens is 2. The molecule has 0 saturated heterocycles. The maximum Gasteiger partial charge on any atom is 0.178 e. The summed E-state index contributed by atoms with van der Waals surface area (Å²) in [5.74, 6) is 0. The average Bonchev–Trinajstić information content (AvgIpc) is 2.67. The van der Waals surface area contributed by atoms with Gasteiger partial charge >= 0.3 is 0 Å². The quantitative estimate of drug-likeness (QED) is 0.739. The Kier molecular flexibility index (Phi) is 3.73. The van der Waals surface area contributed by atoms with Gasteiger partial charge in [-0.15, -0.1) is 23.7 Å². The third kappa shape index (κ3) is 2.16. The number of carbonyl (C=O) groups excluding carboxylic acids is 1. The van der Waals surface area contributed by atoms with E-state index >= 15 is 0 Å². The molecule has 0 radical (unpaired) electrons. The molecular formula is C9H7ClN2OS. The zero-order chi connectivity index (χ0) is 9.10. The lowest BCUT2D eigenvalue weighted by atomic mass is 10.2. The summed E-state index contributed by atoms with van der Waals surface area (Å²) in [5, 5.41) is 2.35.